The summed E-state index contributed by atoms with van der Waals surface area (Å²) in [6.07, 6.45) is 8.62. The van der Waals surface area contributed by atoms with E-state index in [0.717, 1.165) is 32.3 Å². The molecule has 0 aromatic rings. The number of hydroxylamine groups is 1. The first-order chi connectivity index (χ1) is 7.84. The molecule has 2 rings (SSSR count). The van der Waals surface area contributed by atoms with Gasteiger partial charge < -0.3 is 4.74 Å². The van der Waals surface area contributed by atoms with Gasteiger partial charge in [0.1, 0.15) is 0 Å². The van der Waals surface area contributed by atoms with Gasteiger partial charge in [0.15, 0.2) is 0 Å². The minimum absolute atomic E-state index is 0.0428. The summed E-state index contributed by atoms with van der Waals surface area (Å²) in [4.78, 5) is 16.9. The molecule has 1 saturated heterocycles. The third kappa shape index (κ3) is 3.76. The van der Waals surface area contributed by atoms with E-state index >= 15 is 0 Å². The van der Waals surface area contributed by atoms with E-state index < -0.39 is 0 Å². The van der Waals surface area contributed by atoms with E-state index in [-0.39, 0.29) is 18.1 Å². The summed E-state index contributed by atoms with van der Waals surface area (Å²) in [5.41, 5.74) is 2.55. The molecule has 0 spiro atoms. The molecule has 1 heterocycles. The molecule has 2 aliphatic rings. The zero-order valence-corrected chi connectivity index (χ0v) is 9.74. The van der Waals surface area contributed by atoms with Crippen LogP contribution in [0.25, 0.3) is 0 Å². The van der Waals surface area contributed by atoms with Crippen LogP contribution in [-0.4, -0.2) is 24.7 Å². The molecule has 1 saturated carbocycles. The number of amides is 1. The minimum Gasteiger partial charge on any atom is -0.378 e. The first kappa shape index (κ1) is 11.9. The van der Waals surface area contributed by atoms with Crippen molar-refractivity contribution in [3.8, 4) is 0 Å². The van der Waals surface area contributed by atoms with Crippen LogP contribution >= 0.6 is 0 Å². The molecule has 2 fully saturated rings. The van der Waals surface area contributed by atoms with Crippen molar-refractivity contribution in [2.24, 2.45) is 0 Å². The van der Waals surface area contributed by atoms with Crippen molar-refractivity contribution >= 4 is 5.91 Å². The lowest BCUT2D eigenvalue weighted by molar-refractivity contribution is -0.141. The SMILES string of the molecule is O=C(CC1CCCCO1)NOC1CCCC1. The van der Waals surface area contributed by atoms with Gasteiger partial charge in [0, 0.05) is 6.61 Å². The average molecular weight is 227 g/mol. The Labute approximate surface area is 96.6 Å². The molecule has 0 bridgehead atoms. The lowest BCUT2D eigenvalue weighted by Crippen LogP contribution is -2.32. The van der Waals surface area contributed by atoms with Gasteiger partial charge in [-0.3, -0.25) is 9.63 Å². The van der Waals surface area contributed by atoms with Crippen molar-refractivity contribution in [2.45, 2.75) is 63.6 Å². The van der Waals surface area contributed by atoms with Crippen LogP contribution in [-0.2, 0) is 14.4 Å². The van der Waals surface area contributed by atoms with Crippen molar-refractivity contribution in [2.75, 3.05) is 6.61 Å². The highest BCUT2D eigenvalue weighted by Gasteiger charge is 2.20. The van der Waals surface area contributed by atoms with Crippen LogP contribution in [0, 0.1) is 0 Å². The predicted octanol–water partition coefficient (Wildman–Crippen LogP) is 1.94. The number of hydrogen-bond donors (Lipinski definition) is 1. The van der Waals surface area contributed by atoms with E-state index in [4.69, 9.17) is 9.57 Å². The average Bonchev–Trinajstić information content (AvgIpc) is 2.81. The van der Waals surface area contributed by atoms with Crippen LogP contribution in [0.1, 0.15) is 51.4 Å². The summed E-state index contributed by atoms with van der Waals surface area (Å²) in [5.74, 6) is -0.0428. The molecular weight excluding hydrogens is 206 g/mol. The van der Waals surface area contributed by atoms with Gasteiger partial charge in [0.05, 0.1) is 18.6 Å². The molecule has 16 heavy (non-hydrogen) atoms. The molecular formula is C12H21NO3. The predicted molar refractivity (Wildman–Crippen MR) is 59.7 cm³/mol. The Hall–Kier alpha value is -0.610. The Morgan fingerprint density at radius 1 is 1.19 bits per heavy atom. The maximum atomic E-state index is 11.6. The molecule has 4 nitrogen and oxygen atoms in total. The summed E-state index contributed by atoms with van der Waals surface area (Å²) in [6, 6.07) is 0. The molecule has 1 N–H and O–H groups in total. The van der Waals surface area contributed by atoms with Crippen molar-refractivity contribution in [3.05, 3.63) is 0 Å². The van der Waals surface area contributed by atoms with Crippen molar-refractivity contribution in [1.82, 2.24) is 5.48 Å². The van der Waals surface area contributed by atoms with E-state index in [1.807, 2.05) is 0 Å². The van der Waals surface area contributed by atoms with Gasteiger partial charge in [-0.05, 0) is 32.1 Å². The fourth-order valence-electron chi connectivity index (χ4n) is 2.37. The monoisotopic (exact) mass is 227 g/mol. The van der Waals surface area contributed by atoms with Gasteiger partial charge >= 0.3 is 0 Å². The number of ether oxygens (including phenoxy) is 1. The topological polar surface area (TPSA) is 47.6 Å². The minimum atomic E-state index is -0.0428. The summed E-state index contributed by atoms with van der Waals surface area (Å²) >= 11 is 0. The Morgan fingerprint density at radius 2 is 1.94 bits per heavy atom. The van der Waals surface area contributed by atoms with Gasteiger partial charge in [0.2, 0.25) is 5.91 Å². The number of nitrogens with one attached hydrogen (secondary N) is 1. The largest absolute Gasteiger partial charge is 0.378 e. The highest BCUT2D eigenvalue weighted by molar-refractivity contribution is 5.75. The fourth-order valence-corrected chi connectivity index (χ4v) is 2.37. The molecule has 1 amide bonds. The second-order valence-corrected chi connectivity index (χ2v) is 4.74. The molecule has 0 radical (unpaired) electrons. The lowest BCUT2D eigenvalue weighted by atomic mass is 10.1. The van der Waals surface area contributed by atoms with Gasteiger partial charge in [-0.1, -0.05) is 12.8 Å². The van der Waals surface area contributed by atoms with Gasteiger partial charge in [-0.15, -0.1) is 0 Å². The summed E-state index contributed by atoms with van der Waals surface area (Å²) in [6.45, 7) is 0.793. The van der Waals surface area contributed by atoms with E-state index in [2.05, 4.69) is 5.48 Å². The molecule has 1 atom stereocenters. The highest BCUT2D eigenvalue weighted by atomic mass is 16.7. The lowest BCUT2D eigenvalue weighted by Gasteiger charge is -2.22. The van der Waals surface area contributed by atoms with E-state index in [1.165, 1.54) is 19.3 Å². The zero-order valence-electron chi connectivity index (χ0n) is 9.74. The first-order valence-electron chi connectivity index (χ1n) is 6.40. The zero-order chi connectivity index (χ0) is 11.2. The van der Waals surface area contributed by atoms with E-state index in [0.29, 0.717) is 6.42 Å². The normalized spacial score (nSPS) is 26.9. The molecule has 4 heteroatoms. The molecule has 0 aromatic carbocycles. The summed E-state index contributed by atoms with van der Waals surface area (Å²) < 4.78 is 5.50. The standard InChI is InChI=1S/C12H21NO3/c14-12(9-11-7-3-4-8-15-11)13-16-10-5-1-2-6-10/h10-11H,1-9H2,(H,13,14). The molecule has 1 unspecified atom stereocenters. The van der Waals surface area contributed by atoms with E-state index in [1.54, 1.807) is 0 Å². The number of carbonyl (C=O) groups is 1. The van der Waals surface area contributed by atoms with E-state index in [9.17, 15) is 4.79 Å². The molecule has 1 aliphatic heterocycles. The maximum Gasteiger partial charge on any atom is 0.246 e. The molecule has 1 aliphatic carbocycles. The third-order valence-electron chi connectivity index (χ3n) is 3.33. The highest BCUT2D eigenvalue weighted by Crippen LogP contribution is 2.20. The van der Waals surface area contributed by atoms with Crippen molar-refractivity contribution in [3.63, 3.8) is 0 Å². The first-order valence-corrected chi connectivity index (χ1v) is 6.40. The van der Waals surface area contributed by atoms with Crippen LogP contribution < -0.4 is 5.48 Å². The summed E-state index contributed by atoms with van der Waals surface area (Å²) in [7, 11) is 0. The van der Waals surface area contributed by atoms with Crippen LogP contribution in [0.4, 0.5) is 0 Å². The number of rotatable bonds is 4. The Balaban J connectivity index is 1.59. The second-order valence-electron chi connectivity index (χ2n) is 4.74. The molecule has 0 aromatic heterocycles. The fraction of sp³-hybridized carbons (Fsp3) is 0.917. The quantitative estimate of drug-likeness (QED) is 0.747. The van der Waals surface area contributed by atoms with Crippen LogP contribution in [0.3, 0.4) is 0 Å². The van der Waals surface area contributed by atoms with Crippen molar-refractivity contribution < 1.29 is 14.4 Å². The van der Waals surface area contributed by atoms with Crippen LogP contribution in [0.15, 0.2) is 0 Å². The van der Waals surface area contributed by atoms with Gasteiger partial charge in [0.25, 0.3) is 0 Å². The number of carbonyl (C=O) groups excluding carboxylic acids is 1. The Bertz CT molecular complexity index is 220. The van der Waals surface area contributed by atoms with Gasteiger partial charge in [-0.2, -0.15) is 0 Å². The smallest absolute Gasteiger partial charge is 0.246 e. The maximum absolute atomic E-state index is 11.6. The third-order valence-corrected chi connectivity index (χ3v) is 3.33. The summed E-state index contributed by atoms with van der Waals surface area (Å²) in [5, 5.41) is 0. The Kier molecular flexibility index (Phi) is 4.60. The van der Waals surface area contributed by atoms with Crippen LogP contribution in [0.5, 0.6) is 0 Å². The van der Waals surface area contributed by atoms with Gasteiger partial charge in [-0.25, -0.2) is 5.48 Å². The van der Waals surface area contributed by atoms with Crippen LogP contribution in [0.2, 0.25) is 0 Å². The van der Waals surface area contributed by atoms with Crippen molar-refractivity contribution in [1.29, 1.82) is 0 Å². The second kappa shape index (κ2) is 6.21. The Morgan fingerprint density at radius 3 is 2.62 bits per heavy atom. The number of hydrogen-bond acceptors (Lipinski definition) is 3. The molecule has 92 valence electrons.